The Balaban J connectivity index is 0.000000275. The number of likely N-dealkylation sites (tertiary alicyclic amines) is 1. The van der Waals surface area contributed by atoms with Gasteiger partial charge < -0.3 is 10.2 Å². The molecule has 25 heavy (non-hydrogen) atoms. The number of rotatable bonds is 5. The first kappa shape index (κ1) is 22.5. The van der Waals surface area contributed by atoms with Gasteiger partial charge >= 0.3 is 0 Å². The quantitative estimate of drug-likeness (QED) is 0.659. The Morgan fingerprint density at radius 2 is 1.52 bits per heavy atom. The predicted molar refractivity (Wildman–Crippen MR) is 116 cm³/mol. The molecule has 3 nitrogen and oxygen atoms in total. The molecule has 1 aliphatic carbocycles. The van der Waals surface area contributed by atoms with Crippen molar-refractivity contribution < 1.29 is 4.79 Å². The van der Waals surface area contributed by atoms with Crippen LogP contribution in [-0.4, -0.2) is 46.6 Å². The fourth-order valence-corrected chi connectivity index (χ4v) is 6.60. The van der Waals surface area contributed by atoms with Gasteiger partial charge in [-0.3, -0.25) is 4.79 Å². The van der Waals surface area contributed by atoms with Crippen LogP contribution < -0.4 is 5.32 Å². The molecule has 1 N–H and O–H groups in total. The van der Waals surface area contributed by atoms with E-state index in [9.17, 15) is 4.79 Å². The van der Waals surface area contributed by atoms with Crippen molar-refractivity contribution in [2.45, 2.75) is 90.8 Å². The minimum absolute atomic E-state index is 0.0817. The molecule has 0 aromatic rings. The normalized spacial score (nSPS) is 18.8. The Labute approximate surface area is 158 Å². The zero-order valence-corrected chi connectivity index (χ0v) is 19.9. The second-order valence-corrected chi connectivity index (χ2v) is 20.6. The van der Waals surface area contributed by atoms with E-state index in [2.05, 4.69) is 49.5 Å². The summed E-state index contributed by atoms with van der Waals surface area (Å²) in [5.41, 5.74) is 1.78. The van der Waals surface area contributed by atoms with E-state index in [-0.39, 0.29) is 5.91 Å². The molecule has 1 amide bonds. The van der Waals surface area contributed by atoms with Gasteiger partial charge in [-0.15, -0.1) is 0 Å². The van der Waals surface area contributed by atoms with Crippen LogP contribution in [0.5, 0.6) is 0 Å². The van der Waals surface area contributed by atoms with E-state index < -0.39 is 16.1 Å². The zero-order valence-electron chi connectivity index (χ0n) is 17.9. The highest BCUT2D eigenvalue weighted by atomic mass is 28.3. The van der Waals surface area contributed by atoms with Crippen LogP contribution in [0, 0.1) is 0 Å². The summed E-state index contributed by atoms with van der Waals surface area (Å²) in [5.74, 6) is 0.0817. The molecule has 5 heteroatoms. The van der Waals surface area contributed by atoms with E-state index >= 15 is 0 Å². The van der Waals surface area contributed by atoms with Crippen LogP contribution >= 0.6 is 0 Å². The van der Waals surface area contributed by atoms with E-state index in [1.165, 1.54) is 57.7 Å². The van der Waals surface area contributed by atoms with Crippen molar-refractivity contribution in [2.75, 3.05) is 19.6 Å². The molecule has 2 rings (SSSR count). The number of carbonyl (C=O) groups excluding carboxylic acids is 1. The van der Waals surface area contributed by atoms with Crippen molar-refractivity contribution in [1.29, 1.82) is 0 Å². The van der Waals surface area contributed by atoms with Gasteiger partial charge in [0.05, 0.1) is 8.07 Å². The van der Waals surface area contributed by atoms with Crippen LogP contribution in [-0.2, 0) is 4.79 Å². The first-order valence-electron chi connectivity index (χ1n) is 10.2. The second kappa shape index (κ2) is 9.95. The minimum atomic E-state index is -1.05. The molecular formula is C20H42N2OSi2. The lowest BCUT2D eigenvalue weighted by Crippen LogP contribution is -2.32. The van der Waals surface area contributed by atoms with Gasteiger partial charge in [0.25, 0.3) is 0 Å². The molecule has 1 saturated heterocycles. The van der Waals surface area contributed by atoms with Gasteiger partial charge in [0.15, 0.2) is 0 Å². The molecule has 0 bridgehead atoms. The average Bonchev–Trinajstić information content (AvgIpc) is 2.99. The molecular weight excluding hydrogens is 340 g/mol. The third kappa shape index (κ3) is 9.09. The number of hydrogen-bond donors (Lipinski definition) is 1. The lowest BCUT2D eigenvalue weighted by atomic mass is 10.0. The summed E-state index contributed by atoms with van der Waals surface area (Å²) in [7, 11) is -1.99. The van der Waals surface area contributed by atoms with Crippen molar-refractivity contribution in [3.05, 3.63) is 10.9 Å². The molecule has 2 aliphatic rings. The van der Waals surface area contributed by atoms with Crippen LogP contribution in [0.2, 0.25) is 45.3 Å². The van der Waals surface area contributed by atoms with Crippen molar-refractivity contribution in [2.24, 2.45) is 0 Å². The van der Waals surface area contributed by atoms with Crippen LogP contribution in [0.25, 0.3) is 0 Å². The topological polar surface area (TPSA) is 32.3 Å². The maximum absolute atomic E-state index is 10.4. The molecule has 0 spiro atoms. The van der Waals surface area contributed by atoms with Crippen LogP contribution in [0.3, 0.4) is 0 Å². The molecule has 0 radical (unpaired) electrons. The molecule has 0 atom stereocenters. The van der Waals surface area contributed by atoms with E-state index in [1.54, 1.807) is 12.6 Å². The Morgan fingerprint density at radius 1 is 0.960 bits per heavy atom. The second-order valence-electron chi connectivity index (χ2n) is 9.87. The van der Waals surface area contributed by atoms with Crippen LogP contribution in [0.1, 0.15) is 45.4 Å². The zero-order chi connectivity index (χ0) is 19.1. The molecule has 0 saturated carbocycles. The molecule has 0 aromatic heterocycles. The van der Waals surface area contributed by atoms with Crippen molar-refractivity contribution in [3.8, 4) is 0 Å². The highest BCUT2D eigenvalue weighted by molar-refractivity contribution is 6.83. The molecule has 1 heterocycles. The first-order valence-corrected chi connectivity index (χ1v) is 17.4. The third-order valence-corrected chi connectivity index (χ3v) is 9.18. The molecule has 0 unspecified atom stereocenters. The maximum atomic E-state index is 10.4. The summed E-state index contributed by atoms with van der Waals surface area (Å²) in [6.45, 7) is 19.5. The van der Waals surface area contributed by atoms with E-state index in [1.807, 2.05) is 5.20 Å². The monoisotopic (exact) mass is 382 g/mol. The van der Waals surface area contributed by atoms with Crippen LogP contribution in [0.4, 0.5) is 0 Å². The third-order valence-electron chi connectivity index (χ3n) is 5.08. The van der Waals surface area contributed by atoms with Crippen molar-refractivity contribution >= 4 is 22.1 Å². The van der Waals surface area contributed by atoms with Gasteiger partial charge in [-0.2, -0.15) is 0 Å². The Kier molecular flexibility index (Phi) is 8.95. The molecule has 146 valence electrons. The fraction of sp³-hybridized carbons (Fsp3) is 0.850. The number of nitrogens with one attached hydrogen (secondary N) is 1. The van der Waals surface area contributed by atoms with E-state index in [4.69, 9.17) is 0 Å². The summed E-state index contributed by atoms with van der Waals surface area (Å²) in [6, 6.07) is 1.17. The van der Waals surface area contributed by atoms with Gasteiger partial charge in [0.1, 0.15) is 0 Å². The average molecular weight is 383 g/mol. The van der Waals surface area contributed by atoms with Crippen molar-refractivity contribution in [3.63, 3.8) is 0 Å². The number of carbonyl (C=O) groups is 1. The van der Waals surface area contributed by atoms with E-state index in [0.29, 0.717) is 0 Å². The van der Waals surface area contributed by atoms with Gasteiger partial charge in [0.2, 0.25) is 5.91 Å². The number of hydrogen-bond acceptors (Lipinski definition) is 2. The summed E-state index contributed by atoms with van der Waals surface area (Å²) >= 11 is 0. The predicted octanol–water partition coefficient (Wildman–Crippen LogP) is 5.25. The summed E-state index contributed by atoms with van der Waals surface area (Å²) in [6.07, 6.45) is 8.49. The van der Waals surface area contributed by atoms with E-state index in [0.717, 1.165) is 6.54 Å². The molecule has 0 aromatic carbocycles. The SMILES string of the molecule is CC(=O)NCC[Si](C)(C)C.C[Si](C)(C)C1=C(N2CCCC2)CCCC1. The summed E-state index contributed by atoms with van der Waals surface area (Å²) in [5, 5.41) is 4.68. The van der Waals surface area contributed by atoms with Gasteiger partial charge in [-0.05, 0) is 44.6 Å². The smallest absolute Gasteiger partial charge is 0.216 e. The number of amides is 1. The highest BCUT2D eigenvalue weighted by Crippen LogP contribution is 2.34. The molecule has 1 fully saturated rings. The Hall–Kier alpha value is -0.556. The molecule has 1 aliphatic heterocycles. The van der Waals surface area contributed by atoms with Crippen LogP contribution in [0.15, 0.2) is 10.9 Å². The van der Waals surface area contributed by atoms with Crippen molar-refractivity contribution in [1.82, 2.24) is 10.2 Å². The minimum Gasteiger partial charge on any atom is -0.375 e. The Morgan fingerprint density at radius 3 is 2.00 bits per heavy atom. The summed E-state index contributed by atoms with van der Waals surface area (Å²) < 4.78 is 0. The maximum Gasteiger partial charge on any atom is 0.216 e. The van der Waals surface area contributed by atoms with Gasteiger partial charge in [-0.25, -0.2) is 0 Å². The number of allylic oxidation sites excluding steroid dienone is 2. The summed E-state index contributed by atoms with van der Waals surface area (Å²) in [4.78, 5) is 13.1. The largest absolute Gasteiger partial charge is 0.375 e. The standard InChI is InChI=1S/C13H25NSi.C7H17NOSi/c1-15(2,3)13-9-5-4-8-12(13)14-10-6-7-11-14;1-7(9)8-5-6-10(2,3)4/h4-11H2,1-3H3;5-6H2,1-4H3,(H,8,9). The lowest BCUT2D eigenvalue weighted by molar-refractivity contribution is -0.118. The van der Waals surface area contributed by atoms with Gasteiger partial charge in [-0.1, -0.05) is 44.5 Å². The van der Waals surface area contributed by atoms with Gasteiger partial charge in [0, 0.05) is 40.3 Å². The number of nitrogens with zero attached hydrogens (tertiary/aromatic N) is 1. The highest BCUT2D eigenvalue weighted by Gasteiger charge is 2.28. The Bertz CT molecular complexity index is 455. The first-order chi connectivity index (χ1) is 11.5. The lowest BCUT2D eigenvalue weighted by Gasteiger charge is -2.34. The fourth-order valence-electron chi connectivity index (χ4n) is 3.65.